The zero-order valence-corrected chi connectivity index (χ0v) is 10.9. The molecule has 96 valence electrons. The lowest BCUT2D eigenvalue weighted by Crippen LogP contribution is -2.45. The van der Waals surface area contributed by atoms with Crippen LogP contribution >= 0.6 is 0 Å². The molecule has 0 aliphatic carbocycles. The number of hydrogen-bond acceptors (Lipinski definition) is 3. The molecule has 2 N–H and O–H groups in total. The highest BCUT2D eigenvalue weighted by molar-refractivity contribution is 5.56. The Morgan fingerprint density at radius 1 is 1.41 bits per heavy atom. The van der Waals surface area contributed by atoms with Crippen molar-refractivity contribution in [2.75, 3.05) is 25.6 Å². The molecule has 1 aromatic rings. The maximum Gasteiger partial charge on any atom is 0.146 e. The highest BCUT2D eigenvalue weighted by atomic mass is 19.1. The predicted octanol–water partition coefficient (Wildman–Crippen LogP) is 1.75. The molecule has 1 rings (SSSR count). The summed E-state index contributed by atoms with van der Waals surface area (Å²) >= 11 is 0. The van der Waals surface area contributed by atoms with Crippen molar-refractivity contribution in [3.8, 4) is 0 Å². The van der Waals surface area contributed by atoms with Crippen molar-refractivity contribution in [1.29, 1.82) is 0 Å². The highest BCUT2D eigenvalue weighted by Crippen LogP contribution is 2.28. The first-order chi connectivity index (χ1) is 7.94. The maximum atomic E-state index is 13.9. The Morgan fingerprint density at radius 3 is 2.59 bits per heavy atom. The monoisotopic (exact) mass is 240 g/mol. The molecule has 0 fully saturated rings. The maximum absolute atomic E-state index is 13.9. The summed E-state index contributed by atoms with van der Waals surface area (Å²) in [7, 11) is 3.62. The van der Waals surface area contributed by atoms with Crippen LogP contribution in [0.5, 0.6) is 0 Å². The van der Waals surface area contributed by atoms with Gasteiger partial charge in [-0.2, -0.15) is 0 Å². The molecule has 0 saturated heterocycles. The van der Waals surface area contributed by atoms with Crippen molar-refractivity contribution < 1.29 is 9.50 Å². The Labute approximate surface area is 102 Å². The number of nitrogens with one attached hydrogen (secondary N) is 1. The van der Waals surface area contributed by atoms with Crippen LogP contribution in [0.2, 0.25) is 0 Å². The Bertz CT molecular complexity index is 380. The van der Waals surface area contributed by atoms with Crippen LogP contribution in [0, 0.1) is 5.82 Å². The van der Waals surface area contributed by atoms with Gasteiger partial charge in [0.2, 0.25) is 0 Å². The van der Waals surface area contributed by atoms with Crippen LogP contribution in [0.1, 0.15) is 19.4 Å². The summed E-state index contributed by atoms with van der Waals surface area (Å²) in [5, 5.41) is 12.4. The SMILES string of the molecule is CNCc1cccc(F)c1N(C)C(C)(C)CO. The second-order valence-electron chi connectivity index (χ2n) is 4.81. The fourth-order valence-corrected chi connectivity index (χ4v) is 1.68. The number of para-hydroxylation sites is 1. The zero-order chi connectivity index (χ0) is 13.1. The summed E-state index contributed by atoms with van der Waals surface area (Å²) in [6, 6.07) is 5.03. The van der Waals surface area contributed by atoms with Crippen LogP contribution in [0.3, 0.4) is 0 Å². The van der Waals surface area contributed by atoms with Crippen LogP contribution in [-0.2, 0) is 6.54 Å². The van der Waals surface area contributed by atoms with Crippen molar-refractivity contribution in [1.82, 2.24) is 5.32 Å². The van der Waals surface area contributed by atoms with Gasteiger partial charge >= 0.3 is 0 Å². The van der Waals surface area contributed by atoms with E-state index in [1.165, 1.54) is 6.07 Å². The van der Waals surface area contributed by atoms with E-state index in [9.17, 15) is 9.50 Å². The third-order valence-corrected chi connectivity index (χ3v) is 3.07. The quantitative estimate of drug-likeness (QED) is 0.823. The molecule has 0 heterocycles. The molecule has 0 aliphatic heterocycles. The summed E-state index contributed by atoms with van der Waals surface area (Å²) in [5.41, 5.74) is 0.933. The lowest BCUT2D eigenvalue weighted by atomic mass is 10.0. The van der Waals surface area contributed by atoms with E-state index in [0.29, 0.717) is 12.2 Å². The fraction of sp³-hybridized carbons (Fsp3) is 0.538. The summed E-state index contributed by atoms with van der Waals surface area (Å²) < 4.78 is 13.9. The molecule has 0 amide bonds. The second-order valence-corrected chi connectivity index (χ2v) is 4.81. The fourth-order valence-electron chi connectivity index (χ4n) is 1.68. The first-order valence-corrected chi connectivity index (χ1v) is 5.70. The molecule has 0 atom stereocenters. The van der Waals surface area contributed by atoms with Gasteiger partial charge in [-0.25, -0.2) is 4.39 Å². The molecule has 4 heteroatoms. The van der Waals surface area contributed by atoms with Gasteiger partial charge in [-0.3, -0.25) is 0 Å². The van der Waals surface area contributed by atoms with Crippen molar-refractivity contribution >= 4 is 5.69 Å². The van der Waals surface area contributed by atoms with Crippen LogP contribution in [-0.4, -0.2) is 31.3 Å². The summed E-state index contributed by atoms with van der Waals surface area (Å²) in [6.07, 6.45) is 0. The zero-order valence-electron chi connectivity index (χ0n) is 10.9. The Morgan fingerprint density at radius 2 is 2.06 bits per heavy atom. The first kappa shape index (κ1) is 13.9. The van der Waals surface area contributed by atoms with Gasteiger partial charge in [0.15, 0.2) is 0 Å². The van der Waals surface area contributed by atoms with Crippen LogP contribution < -0.4 is 10.2 Å². The van der Waals surface area contributed by atoms with E-state index in [-0.39, 0.29) is 12.4 Å². The molecule has 0 aromatic heterocycles. The van der Waals surface area contributed by atoms with Crippen molar-refractivity contribution in [3.05, 3.63) is 29.6 Å². The number of aliphatic hydroxyl groups excluding tert-OH is 1. The normalized spacial score (nSPS) is 11.6. The molecule has 0 saturated carbocycles. The minimum absolute atomic E-state index is 0.0309. The van der Waals surface area contributed by atoms with Gasteiger partial charge in [-0.15, -0.1) is 0 Å². The second kappa shape index (κ2) is 5.47. The van der Waals surface area contributed by atoms with E-state index in [1.54, 1.807) is 18.0 Å². The van der Waals surface area contributed by atoms with Crippen LogP contribution in [0.4, 0.5) is 10.1 Å². The van der Waals surface area contributed by atoms with Gasteiger partial charge in [0, 0.05) is 13.6 Å². The molecule has 0 radical (unpaired) electrons. The number of halogens is 1. The summed E-state index contributed by atoms with van der Waals surface area (Å²) in [5.74, 6) is -0.262. The predicted molar refractivity (Wildman–Crippen MR) is 68.7 cm³/mol. The lowest BCUT2D eigenvalue weighted by molar-refractivity contribution is 0.215. The number of aliphatic hydroxyl groups is 1. The third kappa shape index (κ3) is 2.96. The van der Waals surface area contributed by atoms with E-state index >= 15 is 0 Å². The minimum atomic E-state index is -0.495. The van der Waals surface area contributed by atoms with Gasteiger partial charge in [0.05, 0.1) is 17.8 Å². The Kier molecular flexibility index (Phi) is 4.48. The van der Waals surface area contributed by atoms with Gasteiger partial charge in [0.1, 0.15) is 5.82 Å². The van der Waals surface area contributed by atoms with Crippen molar-refractivity contribution in [2.24, 2.45) is 0 Å². The summed E-state index contributed by atoms with van der Waals surface area (Å²) in [4.78, 5) is 1.79. The van der Waals surface area contributed by atoms with Crippen molar-refractivity contribution in [2.45, 2.75) is 25.9 Å². The number of nitrogens with zero attached hydrogens (tertiary/aromatic N) is 1. The summed E-state index contributed by atoms with van der Waals surface area (Å²) in [6.45, 7) is 4.32. The average Bonchev–Trinajstić information content (AvgIpc) is 2.29. The number of rotatable bonds is 5. The lowest BCUT2D eigenvalue weighted by Gasteiger charge is -2.37. The number of likely N-dealkylation sites (N-methyl/N-ethyl adjacent to an activating group) is 1. The number of hydrogen-bond donors (Lipinski definition) is 2. The highest BCUT2D eigenvalue weighted by Gasteiger charge is 2.26. The minimum Gasteiger partial charge on any atom is -0.394 e. The van der Waals surface area contributed by atoms with Crippen LogP contribution in [0.15, 0.2) is 18.2 Å². The molecule has 1 aromatic carbocycles. The Balaban J connectivity index is 3.19. The standard InChI is InChI=1S/C13H21FN2O/c1-13(2,9-17)16(4)12-10(8-15-3)6-5-7-11(12)14/h5-7,15,17H,8-9H2,1-4H3. The van der Waals surface area contributed by atoms with Gasteiger partial charge in [-0.05, 0) is 32.5 Å². The molecule has 0 bridgehead atoms. The van der Waals surface area contributed by atoms with E-state index in [0.717, 1.165) is 5.56 Å². The smallest absolute Gasteiger partial charge is 0.146 e. The topological polar surface area (TPSA) is 35.5 Å². The van der Waals surface area contributed by atoms with Crippen LogP contribution in [0.25, 0.3) is 0 Å². The van der Waals surface area contributed by atoms with E-state index < -0.39 is 5.54 Å². The first-order valence-electron chi connectivity index (χ1n) is 5.70. The molecular formula is C13H21FN2O. The van der Waals surface area contributed by atoms with Gasteiger partial charge < -0.3 is 15.3 Å². The number of anilines is 1. The molecule has 0 aliphatic rings. The number of benzene rings is 1. The Hall–Kier alpha value is -1.13. The van der Waals surface area contributed by atoms with E-state index in [2.05, 4.69) is 5.32 Å². The van der Waals surface area contributed by atoms with E-state index in [1.807, 2.05) is 27.0 Å². The van der Waals surface area contributed by atoms with Gasteiger partial charge in [-0.1, -0.05) is 12.1 Å². The van der Waals surface area contributed by atoms with Gasteiger partial charge in [0.25, 0.3) is 0 Å². The molecule has 0 unspecified atom stereocenters. The average molecular weight is 240 g/mol. The third-order valence-electron chi connectivity index (χ3n) is 3.07. The van der Waals surface area contributed by atoms with E-state index in [4.69, 9.17) is 0 Å². The van der Waals surface area contributed by atoms with Crippen molar-refractivity contribution in [3.63, 3.8) is 0 Å². The molecular weight excluding hydrogens is 219 g/mol. The molecule has 3 nitrogen and oxygen atoms in total. The molecule has 17 heavy (non-hydrogen) atoms. The largest absolute Gasteiger partial charge is 0.394 e. The molecule has 0 spiro atoms.